The second-order valence-corrected chi connectivity index (χ2v) is 3.24. The highest BCUT2D eigenvalue weighted by atomic mass is 131. The van der Waals surface area contributed by atoms with Gasteiger partial charge in [-0.1, -0.05) is 0 Å². The molecule has 0 radical (unpaired) electrons. The summed E-state index contributed by atoms with van der Waals surface area (Å²) in [7, 11) is 1.38. The molecule has 0 fully saturated rings. The maximum atomic E-state index is 10.9. The number of hydrogen-bond donors (Lipinski definition) is 0. The van der Waals surface area contributed by atoms with Gasteiger partial charge in [0.05, 0.1) is 12.7 Å². The molecular formula is C8H7IO2. The van der Waals surface area contributed by atoms with E-state index in [0.29, 0.717) is 5.56 Å². The maximum absolute atomic E-state index is 10.9. The summed E-state index contributed by atoms with van der Waals surface area (Å²) < 4.78 is 5.64. The van der Waals surface area contributed by atoms with Crippen LogP contribution in [0.5, 0.6) is 0 Å². The number of hydrogen-bond acceptors (Lipinski definition) is 2. The standard InChI is InChI=1S/C8H7IO2/c1-11-8(10)6-2-4-7(9)5-3-6/h2-5H,1H3/i9+4. The van der Waals surface area contributed by atoms with Gasteiger partial charge in [0.2, 0.25) is 0 Å². The normalized spacial score (nSPS) is 9.27. The van der Waals surface area contributed by atoms with Crippen molar-refractivity contribution in [2.45, 2.75) is 0 Å². The van der Waals surface area contributed by atoms with E-state index in [1.54, 1.807) is 12.1 Å². The largest absolute Gasteiger partial charge is 0.465 e. The monoisotopic (exact) mass is 266 g/mol. The van der Waals surface area contributed by atoms with E-state index in [0.717, 1.165) is 3.57 Å². The zero-order valence-electron chi connectivity index (χ0n) is 6.00. The molecule has 1 rings (SSSR count). The van der Waals surface area contributed by atoms with Crippen molar-refractivity contribution < 1.29 is 9.53 Å². The van der Waals surface area contributed by atoms with Crippen LogP contribution in [-0.2, 0) is 4.74 Å². The average Bonchev–Trinajstić information content (AvgIpc) is 2.05. The summed E-state index contributed by atoms with van der Waals surface area (Å²) in [6.07, 6.45) is 0. The van der Waals surface area contributed by atoms with Crippen LogP contribution >= 0.6 is 22.6 Å². The molecule has 0 amide bonds. The zero-order chi connectivity index (χ0) is 8.27. The molecule has 0 aliphatic carbocycles. The molecule has 0 aromatic heterocycles. The molecule has 0 aliphatic rings. The summed E-state index contributed by atoms with van der Waals surface area (Å²) in [5.74, 6) is -0.290. The molecule has 0 bridgehead atoms. The Kier molecular flexibility index (Phi) is 2.87. The number of carbonyl (C=O) groups is 1. The number of benzene rings is 1. The van der Waals surface area contributed by atoms with E-state index in [-0.39, 0.29) is 5.97 Å². The van der Waals surface area contributed by atoms with Gasteiger partial charge in [-0.3, -0.25) is 0 Å². The number of rotatable bonds is 1. The predicted molar refractivity (Wildman–Crippen MR) is 50.5 cm³/mol. The molecule has 0 spiro atoms. The molecule has 2 nitrogen and oxygen atoms in total. The molecule has 1 aromatic rings. The van der Waals surface area contributed by atoms with Gasteiger partial charge in [-0.05, 0) is 46.9 Å². The zero-order valence-corrected chi connectivity index (χ0v) is 8.16. The van der Waals surface area contributed by atoms with Crippen LogP contribution in [0, 0.1) is 3.57 Å². The van der Waals surface area contributed by atoms with Crippen LogP contribution in [0.15, 0.2) is 24.3 Å². The quantitative estimate of drug-likeness (QED) is 0.574. The number of esters is 1. The molecule has 0 N–H and O–H groups in total. The number of methoxy groups -OCH3 is 1. The molecule has 0 atom stereocenters. The van der Waals surface area contributed by atoms with E-state index < -0.39 is 0 Å². The Hall–Kier alpha value is -0.580. The van der Waals surface area contributed by atoms with Crippen molar-refractivity contribution in [2.75, 3.05) is 7.11 Å². The first-order valence-corrected chi connectivity index (χ1v) is 4.16. The Morgan fingerprint density at radius 3 is 2.36 bits per heavy atom. The number of halogens is 1. The van der Waals surface area contributed by atoms with E-state index >= 15 is 0 Å². The lowest BCUT2D eigenvalue weighted by molar-refractivity contribution is 0.0600. The predicted octanol–water partition coefficient (Wildman–Crippen LogP) is 2.08. The Morgan fingerprint density at radius 2 is 1.91 bits per heavy atom. The van der Waals surface area contributed by atoms with E-state index in [9.17, 15) is 4.79 Å². The fraction of sp³-hybridized carbons (Fsp3) is 0.125. The second kappa shape index (κ2) is 3.71. The molecule has 58 valence electrons. The average molecular weight is 266 g/mol. The summed E-state index contributed by atoms with van der Waals surface area (Å²) in [5, 5.41) is 0. The molecule has 1 aromatic carbocycles. The van der Waals surface area contributed by atoms with Gasteiger partial charge in [0.15, 0.2) is 0 Å². The van der Waals surface area contributed by atoms with Crippen molar-refractivity contribution in [1.82, 2.24) is 0 Å². The van der Waals surface area contributed by atoms with Crippen molar-refractivity contribution in [3.8, 4) is 0 Å². The first-order valence-electron chi connectivity index (χ1n) is 3.08. The Bertz CT molecular complexity index is 253. The summed E-state index contributed by atoms with van der Waals surface area (Å²) in [5.41, 5.74) is 0.591. The van der Waals surface area contributed by atoms with Crippen molar-refractivity contribution >= 4 is 28.6 Å². The Balaban J connectivity index is 2.90. The molecule has 0 unspecified atom stereocenters. The number of ether oxygens (including phenoxy) is 1. The molecule has 0 aliphatic heterocycles. The summed E-state index contributed by atoms with van der Waals surface area (Å²) >= 11 is 2.18. The topological polar surface area (TPSA) is 26.3 Å². The minimum atomic E-state index is -0.290. The Labute approximate surface area is 78.7 Å². The minimum Gasteiger partial charge on any atom is -0.465 e. The van der Waals surface area contributed by atoms with Gasteiger partial charge in [0.1, 0.15) is 0 Å². The molecule has 0 heterocycles. The molecule has 11 heavy (non-hydrogen) atoms. The van der Waals surface area contributed by atoms with Crippen LogP contribution in [0.1, 0.15) is 10.4 Å². The van der Waals surface area contributed by atoms with E-state index in [4.69, 9.17) is 0 Å². The first kappa shape index (κ1) is 8.52. The fourth-order valence-electron chi connectivity index (χ4n) is 0.704. The van der Waals surface area contributed by atoms with Crippen molar-refractivity contribution in [3.63, 3.8) is 0 Å². The maximum Gasteiger partial charge on any atom is 0.337 e. The highest BCUT2D eigenvalue weighted by molar-refractivity contribution is 14.1. The van der Waals surface area contributed by atoms with Gasteiger partial charge >= 0.3 is 5.97 Å². The van der Waals surface area contributed by atoms with Crippen LogP contribution in [0.25, 0.3) is 0 Å². The number of carbonyl (C=O) groups excluding carboxylic acids is 1. The lowest BCUT2D eigenvalue weighted by Gasteiger charge is -1.97. The van der Waals surface area contributed by atoms with Crippen molar-refractivity contribution in [1.29, 1.82) is 0 Å². The molecular weight excluding hydrogens is 259 g/mol. The smallest absolute Gasteiger partial charge is 0.337 e. The summed E-state index contributed by atoms with van der Waals surface area (Å²) in [6.45, 7) is 0. The SMILES string of the molecule is COC(=O)c1ccc([131I])cc1. The summed E-state index contributed by atoms with van der Waals surface area (Å²) in [6, 6.07) is 7.22. The van der Waals surface area contributed by atoms with Gasteiger partial charge in [0, 0.05) is 3.57 Å². The van der Waals surface area contributed by atoms with Crippen LogP contribution < -0.4 is 0 Å². The van der Waals surface area contributed by atoms with Crippen LogP contribution in [0.3, 0.4) is 0 Å². The second-order valence-electron chi connectivity index (χ2n) is 2.00. The highest BCUT2D eigenvalue weighted by Gasteiger charge is 2.02. The molecule has 0 saturated carbocycles. The van der Waals surface area contributed by atoms with E-state index in [1.807, 2.05) is 12.1 Å². The third-order valence-electron chi connectivity index (χ3n) is 1.27. The van der Waals surface area contributed by atoms with Gasteiger partial charge < -0.3 is 4.74 Å². The fourth-order valence-corrected chi connectivity index (χ4v) is 1.06. The summed E-state index contributed by atoms with van der Waals surface area (Å²) in [4.78, 5) is 10.9. The highest BCUT2D eigenvalue weighted by Crippen LogP contribution is 2.07. The molecule has 0 saturated heterocycles. The third kappa shape index (κ3) is 2.18. The van der Waals surface area contributed by atoms with E-state index in [1.165, 1.54) is 7.11 Å². The first-order chi connectivity index (χ1) is 5.24. The van der Waals surface area contributed by atoms with Crippen LogP contribution in [-0.4, -0.2) is 13.1 Å². The lowest BCUT2D eigenvalue weighted by Crippen LogP contribution is -2.00. The minimum absolute atomic E-state index is 0.290. The van der Waals surface area contributed by atoms with Crippen LogP contribution in [0.4, 0.5) is 0 Å². The van der Waals surface area contributed by atoms with E-state index in [2.05, 4.69) is 27.3 Å². The molecule has 3 heteroatoms. The van der Waals surface area contributed by atoms with Gasteiger partial charge in [-0.2, -0.15) is 0 Å². The van der Waals surface area contributed by atoms with Gasteiger partial charge in [-0.15, -0.1) is 0 Å². The third-order valence-corrected chi connectivity index (χ3v) is 1.98. The Morgan fingerprint density at radius 1 is 1.36 bits per heavy atom. The van der Waals surface area contributed by atoms with Crippen molar-refractivity contribution in [3.05, 3.63) is 33.4 Å². The lowest BCUT2D eigenvalue weighted by atomic mass is 10.2. The van der Waals surface area contributed by atoms with Crippen molar-refractivity contribution in [2.24, 2.45) is 0 Å². The van der Waals surface area contributed by atoms with Gasteiger partial charge in [-0.25, -0.2) is 4.79 Å². The van der Waals surface area contributed by atoms with Crippen LogP contribution in [0.2, 0.25) is 0 Å². The van der Waals surface area contributed by atoms with Gasteiger partial charge in [0.25, 0.3) is 0 Å².